The minimum absolute atomic E-state index is 0.0594. The second-order valence-corrected chi connectivity index (χ2v) is 5.13. The van der Waals surface area contributed by atoms with Crippen LogP contribution in [0.5, 0.6) is 0 Å². The van der Waals surface area contributed by atoms with Crippen molar-refractivity contribution in [2.75, 3.05) is 0 Å². The Morgan fingerprint density at radius 2 is 2.00 bits per heavy atom. The number of halogens is 1. The molecule has 3 rings (SSSR count). The number of nitrogens with zero attached hydrogens (tertiary/aromatic N) is 1. The summed E-state index contributed by atoms with van der Waals surface area (Å²) in [5.41, 5.74) is 1.97. The van der Waals surface area contributed by atoms with Crippen LogP contribution in [0, 0.1) is 0 Å². The average molecular weight is 261 g/mol. The number of aromatic nitrogens is 2. The van der Waals surface area contributed by atoms with Crippen molar-refractivity contribution in [3.8, 4) is 0 Å². The predicted molar refractivity (Wildman–Crippen MR) is 71.1 cm³/mol. The molecule has 0 unspecified atom stereocenters. The van der Waals surface area contributed by atoms with Crippen molar-refractivity contribution < 1.29 is 0 Å². The molecular weight excluding hydrogens is 248 g/mol. The molecule has 0 amide bonds. The topological polar surface area (TPSA) is 45.8 Å². The molecule has 1 aromatic heterocycles. The summed E-state index contributed by atoms with van der Waals surface area (Å²) in [5, 5.41) is 0.715. The van der Waals surface area contributed by atoms with Gasteiger partial charge in [-0.05, 0) is 30.5 Å². The van der Waals surface area contributed by atoms with Gasteiger partial charge in [-0.15, -0.1) is 0 Å². The Bertz CT molecular complexity index is 614. The van der Waals surface area contributed by atoms with Crippen LogP contribution in [0.15, 0.2) is 35.1 Å². The molecule has 1 aliphatic rings. The van der Waals surface area contributed by atoms with Gasteiger partial charge in [-0.3, -0.25) is 4.79 Å². The molecule has 1 N–H and O–H groups in total. The van der Waals surface area contributed by atoms with E-state index in [4.69, 9.17) is 11.6 Å². The lowest BCUT2D eigenvalue weighted by molar-refractivity contribution is 0.882. The maximum Gasteiger partial charge on any atom is 0.251 e. The van der Waals surface area contributed by atoms with E-state index < -0.39 is 0 Å². The average Bonchev–Trinajstić information content (AvgIpc) is 3.15. The van der Waals surface area contributed by atoms with Crippen molar-refractivity contribution in [1.82, 2.24) is 9.97 Å². The van der Waals surface area contributed by atoms with Crippen molar-refractivity contribution in [1.29, 1.82) is 0 Å². The van der Waals surface area contributed by atoms with E-state index in [1.807, 2.05) is 24.3 Å². The molecule has 0 atom stereocenters. The molecule has 2 aromatic rings. The number of aromatic amines is 1. The maximum atomic E-state index is 11.6. The summed E-state index contributed by atoms with van der Waals surface area (Å²) in [6, 6.07) is 9.21. The fourth-order valence-electron chi connectivity index (χ4n) is 2.00. The minimum atomic E-state index is -0.0594. The molecule has 1 aromatic carbocycles. The monoisotopic (exact) mass is 260 g/mol. The van der Waals surface area contributed by atoms with Crippen molar-refractivity contribution in [3.63, 3.8) is 0 Å². The lowest BCUT2D eigenvalue weighted by Crippen LogP contribution is -2.12. The highest BCUT2D eigenvalue weighted by Gasteiger charge is 2.25. The molecule has 1 heterocycles. The summed E-state index contributed by atoms with van der Waals surface area (Å²) >= 11 is 5.84. The van der Waals surface area contributed by atoms with Gasteiger partial charge in [0.2, 0.25) is 0 Å². The van der Waals surface area contributed by atoms with Crippen LogP contribution in [0.25, 0.3) is 0 Å². The molecule has 0 radical (unpaired) electrons. The van der Waals surface area contributed by atoms with Gasteiger partial charge < -0.3 is 4.98 Å². The normalized spacial score (nSPS) is 14.7. The first-order valence-electron chi connectivity index (χ1n) is 6.05. The highest BCUT2D eigenvalue weighted by molar-refractivity contribution is 6.30. The first-order valence-corrected chi connectivity index (χ1v) is 6.43. The lowest BCUT2D eigenvalue weighted by atomic mass is 10.1. The molecular formula is C14H13ClN2O. The molecule has 3 nitrogen and oxygen atoms in total. The summed E-state index contributed by atoms with van der Waals surface area (Å²) in [6.45, 7) is 0. The molecule has 1 fully saturated rings. The summed E-state index contributed by atoms with van der Waals surface area (Å²) in [7, 11) is 0. The highest BCUT2D eigenvalue weighted by Crippen LogP contribution is 2.38. The van der Waals surface area contributed by atoms with Crippen molar-refractivity contribution in [2.45, 2.75) is 25.2 Å². The van der Waals surface area contributed by atoms with E-state index in [0.717, 1.165) is 29.9 Å². The molecule has 92 valence electrons. The van der Waals surface area contributed by atoms with Gasteiger partial charge in [0, 0.05) is 23.4 Å². The molecule has 1 saturated carbocycles. The van der Waals surface area contributed by atoms with Crippen LogP contribution in [-0.2, 0) is 6.42 Å². The zero-order valence-corrected chi connectivity index (χ0v) is 10.6. The van der Waals surface area contributed by atoms with Crippen LogP contribution in [0.4, 0.5) is 0 Å². The molecule has 1 aliphatic carbocycles. The number of benzene rings is 1. The van der Waals surface area contributed by atoms with Crippen LogP contribution >= 0.6 is 11.6 Å². The Morgan fingerprint density at radius 1 is 1.28 bits per heavy atom. The quantitative estimate of drug-likeness (QED) is 0.922. The van der Waals surface area contributed by atoms with Crippen molar-refractivity contribution >= 4 is 11.6 Å². The van der Waals surface area contributed by atoms with Gasteiger partial charge in [0.15, 0.2) is 0 Å². The molecule has 0 aliphatic heterocycles. The summed E-state index contributed by atoms with van der Waals surface area (Å²) < 4.78 is 0. The second-order valence-electron chi connectivity index (χ2n) is 4.69. The number of hydrogen-bond donors (Lipinski definition) is 1. The van der Waals surface area contributed by atoms with Gasteiger partial charge in [-0.2, -0.15) is 0 Å². The van der Waals surface area contributed by atoms with Crippen LogP contribution < -0.4 is 5.56 Å². The minimum Gasteiger partial charge on any atom is -0.310 e. The fraction of sp³-hybridized carbons (Fsp3) is 0.286. The summed E-state index contributed by atoms with van der Waals surface area (Å²) in [6.07, 6.45) is 2.93. The Hall–Kier alpha value is -1.61. The molecule has 4 heteroatoms. The number of hydrogen-bond acceptors (Lipinski definition) is 2. The van der Waals surface area contributed by atoms with Gasteiger partial charge in [-0.25, -0.2) is 4.98 Å². The van der Waals surface area contributed by atoms with Crippen LogP contribution in [0.3, 0.4) is 0 Å². The smallest absolute Gasteiger partial charge is 0.251 e. The highest BCUT2D eigenvalue weighted by atomic mass is 35.5. The van der Waals surface area contributed by atoms with Gasteiger partial charge in [0.05, 0.1) is 5.69 Å². The lowest BCUT2D eigenvalue weighted by Gasteiger charge is -2.04. The van der Waals surface area contributed by atoms with E-state index in [1.54, 1.807) is 6.07 Å². The van der Waals surface area contributed by atoms with E-state index in [9.17, 15) is 4.79 Å². The van der Waals surface area contributed by atoms with Crippen LogP contribution in [0.2, 0.25) is 5.02 Å². The van der Waals surface area contributed by atoms with E-state index in [0.29, 0.717) is 17.4 Å². The Balaban J connectivity index is 1.87. The molecule has 0 saturated heterocycles. The maximum absolute atomic E-state index is 11.6. The van der Waals surface area contributed by atoms with E-state index in [-0.39, 0.29) is 5.56 Å². The van der Waals surface area contributed by atoms with E-state index >= 15 is 0 Å². The van der Waals surface area contributed by atoms with Gasteiger partial charge >= 0.3 is 0 Å². The zero-order chi connectivity index (χ0) is 12.5. The van der Waals surface area contributed by atoms with Gasteiger partial charge in [0.25, 0.3) is 5.56 Å². The summed E-state index contributed by atoms with van der Waals surface area (Å²) in [4.78, 5) is 18.9. The third-order valence-corrected chi connectivity index (χ3v) is 3.34. The van der Waals surface area contributed by atoms with Gasteiger partial charge in [-0.1, -0.05) is 23.7 Å². The SMILES string of the molecule is O=c1cc(C2CC2)nc(Cc2ccc(Cl)cc2)[nH]1. The van der Waals surface area contributed by atoms with E-state index in [1.165, 1.54) is 0 Å². The number of rotatable bonds is 3. The summed E-state index contributed by atoms with van der Waals surface area (Å²) in [5.74, 6) is 1.22. The number of nitrogens with one attached hydrogen (secondary N) is 1. The Morgan fingerprint density at radius 3 is 2.67 bits per heavy atom. The fourth-order valence-corrected chi connectivity index (χ4v) is 2.12. The molecule has 18 heavy (non-hydrogen) atoms. The number of H-pyrrole nitrogens is 1. The van der Waals surface area contributed by atoms with Crippen molar-refractivity contribution in [3.05, 3.63) is 62.8 Å². The molecule has 0 bridgehead atoms. The third kappa shape index (κ3) is 2.62. The van der Waals surface area contributed by atoms with Gasteiger partial charge in [0.1, 0.15) is 5.82 Å². The van der Waals surface area contributed by atoms with Crippen molar-refractivity contribution in [2.24, 2.45) is 0 Å². The standard InChI is InChI=1S/C14H13ClN2O/c15-11-5-1-9(2-6-11)7-13-16-12(10-3-4-10)8-14(18)17-13/h1-2,5-6,8,10H,3-4,7H2,(H,16,17,18). The first-order chi connectivity index (χ1) is 8.70. The van der Waals surface area contributed by atoms with Crippen LogP contribution in [0.1, 0.15) is 35.8 Å². The Labute approximate surface area is 110 Å². The first kappa shape index (κ1) is 11.5. The second kappa shape index (κ2) is 4.58. The molecule has 0 spiro atoms. The van der Waals surface area contributed by atoms with Crippen LogP contribution in [-0.4, -0.2) is 9.97 Å². The van der Waals surface area contributed by atoms with E-state index in [2.05, 4.69) is 9.97 Å². The predicted octanol–water partition coefficient (Wildman–Crippen LogP) is 2.89. The largest absolute Gasteiger partial charge is 0.310 e. The zero-order valence-electron chi connectivity index (χ0n) is 9.82. The Kier molecular flexibility index (Phi) is 2.92. The third-order valence-electron chi connectivity index (χ3n) is 3.09.